The number of thioether (sulfide) groups is 1. The van der Waals surface area contributed by atoms with Gasteiger partial charge in [0.25, 0.3) is 0 Å². The molecule has 1 aromatic rings. The number of hydrogen-bond donors (Lipinski definition) is 1. The molecule has 1 aliphatic rings. The van der Waals surface area contributed by atoms with Gasteiger partial charge in [-0.25, -0.2) is 9.18 Å². The Morgan fingerprint density at radius 3 is 2.94 bits per heavy atom. The highest BCUT2D eigenvalue weighted by Gasteiger charge is 2.32. The van der Waals surface area contributed by atoms with Crippen molar-refractivity contribution in [2.24, 2.45) is 0 Å². The maximum Gasteiger partial charge on any atom is 0.414 e. The number of benzene rings is 1. The van der Waals surface area contributed by atoms with Gasteiger partial charge in [-0.1, -0.05) is 6.07 Å². The Balaban J connectivity index is 2.19. The van der Waals surface area contributed by atoms with Gasteiger partial charge < -0.3 is 9.84 Å². The zero-order valence-corrected chi connectivity index (χ0v) is 10.7. The number of rotatable bonds is 4. The molecule has 0 aliphatic carbocycles. The van der Waals surface area contributed by atoms with Crippen molar-refractivity contribution in [2.45, 2.75) is 11.9 Å². The molecule has 0 aromatic heterocycles. The van der Waals surface area contributed by atoms with E-state index in [0.29, 0.717) is 17.0 Å². The van der Waals surface area contributed by atoms with Gasteiger partial charge in [-0.2, -0.15) is 11.8 Å². The van der Waals surface area contributed by atoms with Gasteiger partial charge >= 0.3 is 6.09 Å². The first-order valence-corrected chi connectivity index (χ1v) is 6.91. The summed E-state index contributed by atoms with van der Waals surface area (Å²) in [4.78, 5) is 12.9. The minimum Gasteiger partial charge on any atom is -0.441 e. The van der Waals surface area contributed by atoms with Crippen LogP contribution in [0.1, 0.15) is 5.56 Å². The molecule has 4 nitrogen and oxygen atoms in total. The lowest BCUT2D eigenvalue weighted by Gasteiger charge is -2.13. The molecule has 2 rings (SSSR count). The van der Waals surface area contributed by atoms with Crippen molar-refractivity contribution in [1.29, 1.82) is 0 Å². The quantitative estimate of drug-likeness (QED) is 0.910. The van der Waals surface area contributed by atoms with Gasteiger partial charge in [0.15, 0.2) is 0 Å². The summed E-state index contributed by atoms with van der Waals surface area (Å²) in [5.41, 5.74) is 1.07. The van der Waals surface area contributed by atoms with Crippen molar-refractivity contribution in [3.05, 3.63) is 29.6 Å². The Hall–Kier alpha value is -1.27. The fraction of sp³-hybridized carbons (Fsp3) is 0.417. The van der Waals surface area contributed by atoms with Gasteiger partial charge in [-0.15, -0.1) is 0 Å². The SMILES string of the molecule is CSCc1ccc(N2C[C@H](CO)OC2=O)cc1F. The van der Waals surface area contributed by atoms with Crippen LogP contribution in [-0.4, -0.2) is 36.7 Å². The summed E-state index contributed by atoms with van der Waals surface area (Å²) in [6.45, 7) is 0.0198. The van der Waals surface area contributed by atoms with Gasteiger partial charge in [0, 0.05) is 5.75 Å². The summed E-state index contributed by atoms with van der Waals surface area (Å²) in [6, 6.07) is 4.68. The molecule has 18 heavy (non-hydrogen) atoms. The van der Waals surface area contributed by atoms with Gasteiger partial charge in [0.05, 0.1) is 18.8 Å². The highest BCUT2D eigenvalue weighted by atomic mass is 32.2. The molecule has 0 unspecified atom stereocenters. The smallest absolute Gasteiger partial charge is 0.414 e. The van der Waals surface area contributed by atoms with Crippen molar-refractivity contribution in [3.63, 3.8) is 0 Å². The molecule has 1 heterocycles. The number of anilines is 1. The van der Waals surface area contributed by atoms with Crippen molar-refractivity contribution < 1.29 is 19.0 Å². The van der Waals surface area contributed by atoms with E-state index in [1.807, 2.05) is 6.26 Å². The summed E-state index contributed by atoms with van der Waals surface area (Å²) < 4.78 is 18.7. The second-order valence-corrected chi connectivity index (χ2v) is 4.87. The number of cyclic esters (lactones) is 1. The van der Waals surface area contributed by atoms with Crippen molar-refractivity contribution in [1.82, 2.24) is 0 Å². The molecular weight excluding hydrogens is 257 g/mol. The van der Waals surface area contributed by atoms with E-state index in [4.69, 9.17) is 9.84 Å². The van der Waals surface area contributed by atoms with Crippen LogP contribution in [0.2, 0.25) is 0 Å². The average Bonchev–Trinajstić information content (AvgIpc) is 2.73. The van der Waals surface area contributed by atoms with E-state index < -0.39 is 12.2 Å². The summed E-state index contributed by atoms with van der Waals surface area (Å²) in [7, 11) is 0. The zero-order valence-electron chi connectivity index (χ0n) is 9.93. The molecule has 1 fully saturated rings. The predicted molar refractivity (Wildman–Crippen MR) is 68.3 cm³/mol. The average molecular weight is 271 g/mol. The minimum absolute atomic E-state index is 0.227. The Morgan fingerprint density at radius 2 is 2.39 bits per heavy atom. The number of aliphatic hydroxyl groups is 1. The van der Waals surface area contributed by atoms with Crippen LogP contribution in [0.15, 0.2) is 18.2 Å². The van der Waals surface area contributed by atoms with Crippen molar-refractivity contribution >= 4 is 23.5 Å². The van der Waals surface area contributed by atoms with Gasteiger partial charge in [-0.05, 0) is 24.0 Å². The van der Waals surface area contributed by atoms with E-state index in [2.05, 4.69) is 0 Å². The number of carbonyl (C=O) groups is 1. The largest absolute Gasteiger partial charge is 0.441 e. The highest BCUT2D eigenvalue weighted by molar-refractivity contribution is 7.97. The van der Waals surface area contributed by atoms with E-state index in [9.17, 15) is 9.18 Å². The number of aliphatic hydroxyl groups excluding tert-OH is 1. The third-order valence-corrected chi connectivity index (χ3v) is 3.33. The first kappa shape index (κ1) is 13.2. The minimum atomic E-state index is -0.550. The van der Waals surface area contributed by atoms with Gasteiger partial charge in [-0.3, -0.25) is 4.90 Å². The Bertz CT molecular complexity index is 455. The standard InChI is InChI=1S/C12H14FNO3S/c1-18-7-8-2-3-9(4-11(8)13)14-5-10(6-15)17-12(14)16/h2-4,10,15H,5-7H2,1H3/t10-/m1/s1. The van der Waals surface area contributed by atoms with Crippen LogP contribution in [0.3, 0.4) is 0 Å². The molecule has 6 heteroatoms. The number of nitrogens with zero attached hydrogens (tertiary/aromatic N) is 1. The monoisotopic (exact) mass is 271 g/mol. The Labute approximate surface area is 109 Å². The van der Waals surface area contributed by atoms with Crippen LogP contribution in [-0.2, 0) is 10.5 Å². The van der Waals surface area contributed by atoms with Crippen LogP contribution in [0, 0.1) is 5.82 Å². The molecule has 0 bridgehead atoms. The number of hydrogen-bond acceptors (Lipinski definition) is 4. The first-order valence-electron chi connectivity index (χ1n) is 5.52. The summed E-state index contributed by atoms with van der Waals surface area (Å²) in [5, 5.41) is 8.94. The van der Waals surface area contributed by atoms with Crippen molar-refractivity contribution in [3.8, 4) is 0 Å². The molecule has 1 aromatic carbocycles. The number of amides is 1. The lowest BCUT2D eigenvalue weighted by atomic mass is 10.2. The molecular formula is C12H14FNO3S. The van der Waals surface area contributed by atoms with Crippen LogP contribution in [0.25, 0.3) is 0 Å². The fourth-order valence-corrected chi connectivity index (χ4v) is 2.35. The third-order valence-electron chi connectivity index (χ3n) is 2.73. The normalized spacial score (nSPS) is 19.2. The second kappa shape index (κ2) is 5.58. The molecule has 0 radical (unpaired) electrons. The molecule has 1 atom stereocenters. The van der Waals surface area contributed by atoms with E-state index in [-0.39, 0.29) is 19.0 Å². The van der Waals surface area contributed by atoms with E-state index in [0.717, 1.165) is 0 Å². The highest BCUT2D eigenvalue weighted by Crippen LogP contribution is 2.25. The topological polar surface area (TPSA) is 49.8 Å². The van der Waals surface area contributed by atoms with Crippen LogP contribution in [0.4, 0.5) is 14.9 Å². The summed E-state index contributed by atoms with van der Waals surface area (Å²) in [5.74, 6) is 0.262. The number of ether oxygens (including phenoxy) is 1. The van der Waals surface area contributed by atoms with Gasteiger partial charge in [0.2, 0.25) is 0 Å². The van der Waals surface area contributed by atoms with E-state index in [1.165, 1.54) is 22.7 Å². The molecule has 1 saturated heterocycles. The fourth-order valence-electron chi connectivity index (χ4n) is 1.80. The van der Waals surface area contributed by atoms with Crippen LogP contribution in [0.5, 0.6) is 0 Å². The lowest BCUT2D eigenvalue weighted by molar-refractivity contribution is 0.0963. The zero-order chi connectivity index (χ0) is 13.1. The number of halogens is 1. The summed E-state index contributed by atoms with van der Waals surface area (Å²) >= 11 is 1.53. The van der Waals surface area contributed by atoms with E-state index >= 15 is 0 Å². The third kappa shape index (κ3) is 2.59. The predicted octanol–water partition coefficient (Wildman–Crippen LogP) is 2.01. The van der Waals surface area contributed by atoms with Crippen molar-refractivity contribution in [2.75, 3.05) is 24.3 Å². The maximum absolute atomic E-state index is 13.8. The van der Waals surface area contributed by atoms with Crippen LogP contribution < -0.4 is 4.90 Å². The van der Waals surface area contributed by atoms with Gasteiger partial charge in [0.1, 0.15) is 11.9 Å². The second-order valence-electron chi connectivity index (χ2n) is 4.01. The first-order chi connectivity index (χ1) is 8.65. The van der Waals surface area contributed by atoms with Crippen LogP contribution >= 0.6 is 11.8 Å². The Kier molecular flexibility index (Phi) is 4.08. The maximum atomic E-state index is 13.8. The molecule has 1 aliphatic heterocycles. The van der Waals surface area contributed by atoms with E-state index in [1.54, 1.807) is 12.1 Å². The Morgan fingerprint density at radius 1 is 1.61 bits per heavy atom. The molecule has 1 amide bonds. The lowest BCUT2D eigenvalue weighted by Crippen LogP contribution is -2.25. The molecule has 0 spiro atoms. The molecule has 1 N–H and O–H groups in total. The molecule has 0 saturated carbocycles. The molecule has 98 valence electrons. The summed E-state index contributed by atoms with van der Waals surface area (Å²) in [6.07, 6.45) is 0.814. The number of carbonyl (C=O) groups excluding carboxylic acids is 1.